The van der Waals surface area contributed by atoms with E-state index in [9.17, 15) is 9.90 Å². The largest absolute Gasteiger partial charge is 0.479 e. The number of carbonyl (C=O) groups is 1. The van der Waals surface area contributed by atoms with Gasteiger partial charge in [-0.25, -0.2) is 4.79 Å². The third kappa shape index (κ3) is 4.14. The molecule has 1 unspecified atom stereocenters. The Bertz CT molecular complexity index is 242. The van der Waals surface area contributed by atoms with Crippen molar-refractivity contribution in [3.63, 3.8) is 0 Å². The summed E-state index contributed by atoms with van der Waals surface area (Å²) in [6.07, 6.45) is 3.10. The van der Waals surface area contributed by atoms with E-state index in [1.54, 1.807) is 10.8 Å². The first-order valence-electron chi connectivity index (χ1n) is 5.09. The van der Waals surface area contributed by atoms with E-state index in [0.29, 0.717) is 19.6 Å². The van der Waals surface area contributed by atoms with Crippen LogP contribution in [0, 0.1) is 0 Å². The lowest BCUT2D eigenvalue weighted by Gasteiger charge is -2.18. The van der Waals surface area contributed by atoms with Gasteiger partial charge < -0.3 is 14.4 Å². The molecule has 1 aliphatic heterocycles. The molecule has 1 heterocycles. The van der Waals surface area contributed by atoms with E-state index < -0.39 is 11.6 Å². The lowest BCUT2D eigenvalue weighted by Crippen LogP contribution is -2.41. The summed E-state index contributed by atoms with van der Waals surface area (Å²) in [7, 11) is 1.55. The van der Waals surface area contributed by atoms with Gasteiger partial charge in [0.05, 0.1) is 17.7 Å². The monoisotopic (exact) mass is 267 g/mol. The van der Waals surface area contributed by atoms with Crippen LogP contribution in [0.1, 0.15) is 12.8 Å². The van der Waals surface area contributed by atoms with Crippen molar-refractivity contribution < 1.29 is 19.2 Å². The summed E-state index contributed by atoms with van der Waals surface area (Å²) >= 11 is 1.35. The van der Waals surface area contributed by atoms with Crippen molar-refractivity contribution in [2.45, 2.75) is 18.4 Å². The van der Waals surface area contributed by atoms with Crippen LogP contribution in [-0.2, 0) is 8.98 Å². The second-order valence-electron chi connectivity index (χ2n) is 3.77. The molecule has 5 nitrogen and oxygen atoms in total. The van der Waals surface area contributed by atoms with Gasteiger partial charge in [0.1, 0.15) is 0 Å². The highest BCUT2D eigenvalue weighted by molar-refractivity contribution is 8.74. The number of carboxylic acid groups (broad SMARTS) is 1. The Morgan fingerprint density at radius 3 is 2.94 bits per heavy atom. The molecule has 0 spiro atoms. The fourth-order valence-electron chi connectivity index (χ4n) is 1.67. The Morgan fingerprint density at radius 2 is 2.38 bits per heavy atom. The summed E-state index contributed by atoms with van der Waals surface area (Å²) in [5, 5.41) is 18.5. The smallest absolute Gasteiger partial charge is 0.337 e. The van der Waals surface area contributed by atoms with Gasteiger partial charge in [-0.05, 0) is 12.7 Å². The molecule has 1 aliphatic rings. The molecule has 0 aromatic heterocycles. The molecule has 1 fully saturated rings. The number of hydrogen-bond donors (Lipinski definition) is 2. The summed E-state index contributed by atoms with van der Waals surface area (Å²) in [6, 6.07) is 0. The molecule has 0 aromatic carbocycles. The van der Waals surface area contributed by atoms with Crippen molar-refractivity contribution in [3.05, 3.63) is 0 Å². The molecular weight excluding hydrogens is 250 g/mol. The number of rotatable bonds is 7. The van der Waals surface area contributed by atoms with Crippen LogP contribution in [0.2, 0.25) is 0 Å². The predicted octanol–water partition coefficient (Wildman–Crippen LogP) is 0.841. The summed E-state index contributed by atoms with van der Waals surface area (Å²) in [6.45, 7) is 2.27. The Labute approximate surface area is 103 Å². The molecule has 0 radical (unpaired) electrons. The number of aliphatic carboxylic acids is 1. The van der Waals surface area contributed by atoms with Gasteiger partial charge in [0.25, 0.3) is 0 Å². The zero-order valence-corrected chi connectivity index (χ0v) is 10.9. The third-order valence-electron chi connectivity index (χ3n) is 2.54. The normalized spacial score (nSPS) is 26.1. The summed E-state index contributed by atoms with van der Waals surface area (Å²) in [4.78, 5) is 12.7. The summed E-state index contributed by atoms with van der Waals surface area (Å²) in [5.74, 6) is -1.12. The Balaban J connectivity index is 2.14. The maximum atomic E-state index is 10.8. The zero-order chi connectivity index (χ0) is 12.0. The fourth-order valence-corrected chi connectivity index (χ4v) is 2.44. The Morgan fingerprint density at radius 1 is 1.62 bits per heavy atom. The average Bonchev–Trinajstić information content (AvgIpc) is 2.62. The van der Waals surface area contributed by atoms with Gasteiger partial charge in [-0.15, -0.1) is 0 Å². The minimum absolute atomic E-state index is 0.220. The van der Waals surface area contributed by atoms with Gasteiger partial charge in [-0.3, -0.25) is 4.90 Å². The number of nitrogens with zero attached hydrogens (tertiary/aromatic N) is 1. The lowest BCUT2D eigenvalue weighted by atomic mass is 10.0. The molecule has 0 aliphatic carbocycles. The van der Waals surface area contributed by atoms with Crippen LogP contribution in [-0.4, -0.2) is 59.2 Å². The van der Waals surface area contributed by atoms with Gasteiger partial charge in [-0.2, -0.15) is 0 Å². The van der Waals surface area contributed by atoms with Crippen LogP contribution in [0.5, 0.6) is 0 Å². The second-order valence-corrected chi connectivity index (χ2v) is 5.89. The van der Waals surface area contributed by atoms with Gasteiger partial charge in [0.2, 0.25) is 0 Å². The maximum absolute atomic E-state index is 10.8. The van der Waals surface area contributed by atoms with Crippen molar-refractivity contribution >= 4 is 27.8 Å². The van der Waals surface area contributed by atoms with E-state index in [1.165, 1.54) is 11.1 Å². The quantitative estimate of drug-likeness (QED) is 0.402. The van der Waals surface area contributed by atoms with E-state index in [0.717, 1.165) is 13.0 Å². The van der Waals surface area contributed by atoms with Crippen molar-refractivity contribution in [2.24, 2.45) is 0 Å². The minimum Gasteiger partial charge on any atom is -0.479 e. The summed E-state index contributed by atoms with van der Waals surface area (Å²) in [5.41, 5.74) is -1.55. The molecule has 0 bridgehead atoms. The highest BCUT2D eigenvalue weighted by atomic mass is 33.1. The molecule has 1 rings (SSSR count). The Hall–Kier alpha value is 0.0500. The van der Waals surface area contributed by atoms with Crippen LogP contribution in [0.25, 0.3) is 0 Å². The van der Waals surface area contributed by atoms with Gasteiger partial charge >= 0.3 is 5.97 Å². The standard InChI is InChI=1S/C9H17NO4S2/c1-15-16-14-6-2-4-10-5-3-9(13,7-10)8(11)12/h13H,2-7H2,1H3,(H,11,12). The molecule has 0 saturated carbocycles. The molecule has 94 valence electrons. The third-order valence-corrected chi connectivity index (χ3v) is 3.64. The van der Waals surface area contributed by atoms with Gasteiger partial charge in [-0.1, -0.05) is 10.8 Å². The predicted molar refractivity (Wildman–Crippen MR) is 65.3 cm³/mol. The Kier molecular flexibility index (Phi) is 5.91. The highest BCUT2D eigenvalue weighted by Crippen LogP contribution is 2.22. The van der Waals surface area contributed by atoms with Crippen molar-refractivity contribution in [3.8, 4) is 0 Å². The first kappa shape index (κ1) is 14.1. The average molecular weight is 267 g/mol. The molecule has 1 atom stereocenters. The van der Waals surface area contributed by atoms with Crippen LogP contribution in [0.3, 0.4) is 0 Å². The van der Waals surface area contributed by atoms with Crippen molar-refractivity contribution in [1.82, 2.24) is 4.90 Å². The molecular formula is C9H17NO4S2. The number of carboxylic acids is 1. The molecule has 2 N–H and O–H groups in total. The van der Waals surface area contributed by atoms with Gasteiger partial charge in [0, 0.05) is 26.1 Å². The maximum Gasteiger partial charge on any atom is 0.337 e. The fraction of sp³-hybridized carbons (Fsp3) is 0.889. The van der Waals surface area contributed by atoms with E-state index in [2.05, 4.69) is 0 Å². The molecule has 0 amide bonds. The van der Waals surface area contributed by atoms with Crippen LogP contribution in [0.15, 0.2) is 0 Å². The van der Waals surface area contributed by atoms with E-state index in [4.69, 9.17) is 9.29 Å². The summed E-state index contributed by atoms with van der Waals surface area (Å²) < 4.78 is 5.22. The van der Waals surface area contributed by atoms with E-state index >= 15 is 0 Å². The van der Waals surface area contributed by atoms with Crippen LogP contribution in [0.4, 0.5) is 0 Å². The second kappa shape index (κ2) is 6.70. The number of aliphatic hydroxyl groups is 1. The molecule has 16 heavy (non-hydrogen) atoms. The molecule has 1 saturated heterocycles. The highest BCUT2D eigenvalue weighted by Gasteiger charge is 2.42. The number of hydrogen-bond acceptors (Lipinski definition) is 6. The van der Waals surface area contributed by atoms with Crippen molar-refractivity contribution in [2.75, 3.05) is 32.5 Å². The van der Waals surface area contributed by atoms with E-state index in [-0.39, 0.29) is 6.54 Å². The topological polar surface area (TPSA) is 70.0 Å². The number of likely N-dealkylation sites (tertiary alicyclic amines) is 1. The zero-order valence-electron chi connectivity index (χ0n) is 9.22. The first-order valence-corrected chi connectivity index (χ1v) is 7.57. The SMILES string of the molecule is CSSOCCCN1CCC(O)(C(=O)O)C1. The molecule has 7 heteroatoms. The minimum atomic E-state index is -1.55. The lowest BCUT2D eigenvalue weighted by molar-refractivity contribution is -0.156. The first-order chi connectivity index (χ1) is 7.58. The van der Waals surface area contributed by atoms with Gasteiger partial charge in [0.15, 0.2) is 5.60 Å². The van der Waals surface area contributed by atoms with Crippen LogP contribution < -0.4 is 0 Å². The number of β-amino-alcohol motifs (C(OH)–C–C–N with tert-alkyl or cyclic N) is 1. The van der Waals surface area contributed by atoms with Crippen molar-refractivity contribution in [1.29, 1.82) is 0 Å². The van der Waals surface area contributed by atoms with E-state index in [1.807, 2.05) is 11.2 Å². The molecule has 0 aromatic rings. The van der Waals surface area contributed by atoms with Crippen LogP contribution >= 0.6 is 21.9 Å².